The average molecular weight is 142 g/mol. The van der Waals surface area contributed by atoms with Gasteiger partial charge in [0.2, 0.25) is 0 Å². The molecule has 10 heavy (non-hydrogen) atoms. The Morgan fingerprint density at radius 3 is 2.20 bits per heavy atom. The Morgan fingerprint density at radius 1 is 1.40 bits per heavy atom. The van der Waals surface area contributed by atoms with E-state index in [2.05, 4.69) is 4.74 Å². The molecule has 1 aliphatic rings. The lowest BCUT2D eigenvalue weighted by atomic mass is 9.99. The van der Waals surface area contributed by atoms with Crippen molar-refractivity contribution in [1.82, 2.24) is 0 Å². The summed E-state index contributed by atoms with van der Waals surface area (Å²) in [6.45, 7) is 1.49. The molecule has 0 saturated carbocycles. The van der Waals surface area contributed by atoms with Gasteiger partial charge in [0.15, 0.2) is 0 Å². The van der Waals surface area contributed by atoms with Gasteiger partial charge in [-0.1, -0.05) is 6.92 Å². The molecule has 2 atom stereocenters. The van der Waals surface area contributed by atoms with Crippen LogP contribution in [0, 0.1) is 11.8 Å². The lowest BCUT2D eigenvalue weighted by Gasteiger charge is -1.95. The minimum atomic E-state index is -0.882. The number of cyclic esters (lactones) is 2. The summed E-state index contributed by atoms with van der Waals surface area (Å²) < 4.78 is 4.17. The maximum Gasteiger partial charge on any atom is 0.324 e. The van der Waals surface area contributed by atoms with E-state index in [1.807, 2.05) is 0 Å². The van der Waals surface area contributed by atoms with E-state index in [4.69, 9.17) is 0 Å². The van der Waals surface area contributed by atoms with Gasteiger partial charge in [-0.05, 0) is 0 Å². The van der Waals surface area contributed by atoms with E-state index in [1.165, 1.54) is 6.92 Å². The molecule has 1 aliphatic heterocycles. The van der Waals surface area contributed by atoms with Crippen LogP contribution in [-0.4, -0.2) is 18.2 Å². The maximum atomic E-state index is 10.6. The molecule has 1 saturated heterocycles. The lowest BCUT2D eigenvalue weighted by Crippen LogP contribution is -2.15. The largest absolute Gasteiger partial charge is 0.392 e. The van der Waals surface area contributed by atoms with Crippen molar-refractivity contribution in [1.29, 1.82) is 0 Å². The summed E-state index contributed by atoms with van der Waals surface area (Å²) in [4.78, 5) is 31.2. The standard InChI is InChI=1S/C6H6O4/c1-3-4(2-7)6(9)10-5(3)8/h2-4H,1H3. The topological polar surface area (TPSA) is 60.4 Å². The molecular formula is C6H6O4. The molecule has 4 heteroatoms. The summed E-state index contributed by atoms with van der Waals surface area (Å²) in [5.74, 6) is -2.83. The SMILES string of the molecule is CC1C(=O)OC(=O)C1C=O. The first-order valence-corrected chi connectivity index (χ1v) is 2.87. The second-order valence-electron chi connectivity index (χ2n) is 2.19. The minimum absolute atomic E-state index is 0.442. The Hall–Kier alpha value is -1.19. The second kappa shape index (κ2) is 2.21. The van der Waals surface area contributed by atoms with Crippen molar-refractivity contribution >= 4 is 18.2 Å². The first-order valence-electron chi connectivity index (χ1n) is 2.87. The zero-order valence-electron chi connectivity index (χ0n) is 5.37. The van der Waals surface area contributed by atoms with Gasteiger partial charge in [-0.2, -0.15) is 0 Å². The van der Waals surface area contributed by atoms with Crippen LogP contribution in [0.3, 0.4) is 0 Å². The zero-order chi connectivity index (χ0) is 7.72. The molecule has 1 fully saturated rings. The minimum Gasteiger partial charge on any atom is -0.392 e. The highest BCUT2D eigenvalue weighted by molar-refractivity contribution is 6.03. The average Bonchev–Trinajstić information content (AvgIpc) is 2.09. The predicted octanol–water partition coefficient (Wildman–Crippen LogP) is -0.479. The number of carbonyl (C=O) groups is 3. The quantitative estimate of drug-likeness (QED) is 0.282. The van der Waals surface area contributed by atoms with Gasteiger partial charge in [0.1, 0.15) is 12.2 Å². The summed E-state index contributed by atoms with van der Waals surface area (Å²) in [6.07, 6.45) is 0.442. The number of hydrogen-bond acceptors (Lipinski definition) is 4. The van der Waals surface area contributed by atoms with Gasteiger partial charge in [-0.3, -0.25) is 9.59 Å². The number of esters is 2. The van der Waals surface area contributed by atoms with Crippen molar-refractivity contribution in [2.45, 2.75) is 6.92 Å². The summed E-state index contributed by atoms with van der Waals surface area (Å²) in [5, 5.41) is 0. The molecule has 0 radical (unpaired) electrons. The lowest BCUT2D eigenvalue weighted by molar-refractivity contribution is -0.153. The zero-order valence-corrected chi connectivity index (χ0v) is 5.37. The first kappa shape index (κ1) is 6.92. The maximum absolute atomic E-state index is 10.6. The third-order valence-corrected chi connectivity index (χ3v) is 1.53. The number of aldehydes is 1. The third kappa shape index (κ3) is 0.814. The van der Waals surface area contributed by atoms with Crippen molar-refractivity contribution in [3.05, 3.63) is 0 Å². The Balaban J connectivity index is 2.83. The fourth-order valence-electron chi connectivity index (χ4n) is 0.784. The van der Waals surface area contributed by atoms with E-state index in [0.717, 1.165) is 0 Å². The van der Waals surface area contributed by atoms with Crippen LogP contribution >= 0.6 is 0 Å². The van der Waals surface area contributed by atoms with Crippen LogP contribution < -0.4 is 0 Å². The summed E-state index contributed by atoms with van der Waals surface area (Å²) in [7, 11) is 0. The van der Waals surface area contributed by atoms with Crippen LogP contribution in [0.5, 0.6) is 0 Å². The number of ether oxygens (including phenoxy) is 1. The van der Waals surface area contributed by atoms with E-state index in [0.29, 0.717) is 6.29 Å². The first-order chi connectivity index (χ1) is 4.66. The highest BCUT2D eigenvalue weighted by Crippen LogP contribution is 2.20. The summed E-state index contributed by atoms with van der Waals surface area (Å²) in [6, 6.07) is 0. The molecule has 4 nitrogen and oxygen atoms in total. The monoisotopic (exact) mass is 142 g/mol. The second-order valence-corrected chi connectivity index (χ2v) is 2.19. The van der Waals surface area contributed by atoms with Crippen LogP contribution in [0.4, 0.5) is 0 Å². The molecule has 0 aromatic rings. The van der Waals surface area contributed by atoms with Crippen molar-refractivity contribution in [2.24, 2.45) is 11.8 Å². The fourth-order valence-corrected chi connectivity index (χ4v) is 0.784. The molecule has 0 aliphatic carbocycles. The highest BCUT2D eigenvalue weighted by Gasteiger charge is 2.40. The van der Waals surface area contributed by atoms with Crippen LogP contribution in [-0.2, 0) is 19.1 Å². The third-order valence-electron chi connectivity index (χ3n) is 1.53. The van der Waals surface area contributed by atoms with Crippen LogP contribution in [0.2, 0.25) is 0 Å². The molecule has 54 valence electrons. The number of hydrogen-bond donors (Lipinski definition) is 0. The van der Waals surface area contributed by atoms with Gasteiger partial charge < -0.3 is 9.53 Å². The van der Waals surface area contributed by atoms with Crippen molar-refractivity contribution in [3.8, 4) is 0 Å². The molecule has 0 spiro atoms. The number of rotatable bonds is 1. The fraction of sp³-hybridized carbons (Fsp3) is 0.500. The van der Waals surface area contributed by atoms with Gasteiger partial charge in [0.05, 0.1) is 5.92 Å². The number of carbonyl (C=O) groups excluding carboxylic acids is 3. The van der Waals surface area contributed by atoms with E-state index < -0.39 is 23.8 Å². The van der Waals surface area contributed by atoms with Gasteiger partial charge in [0, 0.05) is 0 Å². The molecule has 0 amide bonds. The van der Waals surface area contributed by atoms with E-state index in [-0.39, 0.29) is 0 Å². The molecule has 0 bridgehead atoms. The molecule has 1 rings (SSSR count). The summed E-state index contributed by atoms with van der Waals surface area (Å²) in [5.41, 5.74) is 0. The Bertz CT molecular complexity index is 196. The molecule has 0 aromatic carbocycles. The Kier molecular flexibility index (Phi) is 1.53. The van der Waals surface area contributed by atoms with Gasteiger partial charge in [-0.25, -0.2) is 0 Å². The van der Waals surface area contributed by atoms with Gasteiger partial charge >= 0.3 is 11.9 Å². The molecular weight excluding hydrogens is 136 g/mol. The van der Waals surface area contributed by atoms with E-state index in [1.54, 1.807) is 0 Å². The normalized spacial score (nSPS) is 32.1. The highest BCUT2D eigenvalue weighted by atomic mass is 16.6. The van der Waals surface area contributed by atoms with Gasteiger partial charge in [0.25, 0.3) is 0 Å². The molecule has 0 aromatic heterocycles. The predicted molar refractivity (Wildman–Crippen MR) is 29.8 cm³/mol. The summed E-state index contributed by atoms with van der Waals surface area (Å²) >= 11 is 0. The molecule has 1 heterocycles. The Labute approximate surface area is 57.2 Å². The van der Waals surface area contributed by atoms with Crippen LogP contribution in [0.25, 0.3) is 0 Å². The van der Waals surface area contributed by atoms with Gasteiger partial charge in [-0.15, -0.1) is 0 Å². The van der Waals surface area contributed by atoms with E-state index in [9.17, 15) is 14.4 Å². The molecule has 2 unspecified atom stereocenters. The molecule has 0 N–H and O–H groups in total. The smallest absolute Gasteiger partial charge is 0.324 e. The van der Waals surface area contributed by atoms with Crippen molar-refractivity contribution < 1.29 is 19.1 Å². The van der Waals surface area contributed by atoms with Crippen LogP contribution in [0.15, 0.2) is 0 Å². The van der Waals surface area contributed by atoms with Crippen LogP contribution in [0.1, 0.15) is 6.92 Å². The van der Waals surface area contributed by atoms with E-state index >= 15 is 0 Å². The van der Waals surface area contributed by atoms with Crippen molar-refractivity contribution in [3.63, 3.8) is 0 Å². The van der Waals surface area contributed by atoms with Crippen molar-refractivity contribution in [2.75, 3.05) is 0 Å². The Morgan fingerprint density at radius 2 is 2.00 bits per heavy atom.